The van der Waals surface area contributed by atoms with Crippen LogP contribution in [0.25, 0.3) is 11.1 Å². The largest absolute Gasteiger partial charge is 0.508 e. The number of rotatable bonds is 7. The lowest BCUT2D eigenvalue weighted by atomic mass is 9.97. The second-order valence-corrected chi connectivity index (χ2v) is 8.42. The fraction of sp³-hybridized carbons (Fsp3) is 0.417. The van der Waals surface area contributed by atoms with Crippen molar-refractivity contribution in [2.24, 2.45) is 4.99 Å². The van der Waals surface area contributed by atoms with Crippen LogP contribution < -0.4 is 0 Å². The molecule has 1 fully saturated rings. The van der Waals surface area contributed by atoms with Crippen LogP contribution in [0.2, 0.25) is 0 Å². The number of unbranched alkanes of at least 4 members (excludes halogenated alkanes) is 1. The van der Waals surface area contributed by atoms with Crippen LogP contribution in [-0.4, -0.2) is 32.2 Å². The normalized spacial score (nSPS) is 17.4. The summed E-state index contributed by atoms with van der Waals surface area (Å²) in [7, 11) is 0. The lowest BCUT2D eigenvalue weighted by Gasteiger charge is -2.22. The predicted molar refractivity (Wildman–Crippen MR) is 119 cm³/mol. The maximum absolute atomic E-state index is 13.3. The maximum Gasteiger partial charge on any atom is 0.277 e. The van der Waals surface area contributed by atoms with Crippen molar-refractivity contribution in [2.75, 3.05) is 0 Å². The molecule has 1 spiro atoms. The van der Waals surface area contributed by atoms with Gasteiger partial charge in [0, 0.05) is 12.5 Å². The number of carbonyl (C=O) groups excluding carboxylic acids is 1. The zero-order valence-electron chi connectivity index (χ0n) is 17.7. The minimum atomic E-state index is -0.615. The number of carbonyl (C=O) groups is 1. The van der Waals surface area contributed by atoms with Crippen LogP contribution in [0, 0.1) is 10.1 Å². The third kappa shape index (κ3) is 4.04. The molecule has 7 heteroatoms. The van der Waals surface area contributed by atoms with Gasteiger partial charge in [-0.15, -0.1) is 0 Å². The fourth-order valence-electron chi connectivity index (χ4n) is 4.62. The van der Waals surface area contributed by atoms with Gasteiger partial charge in [-0.25, -0.2) is 0 Å². The van der Waals surface area contributed by atoms with Crippen molar-refractivity contribution >= 4 is 17.4 Å². The van der Waals surface area contributed by atoms with E-state index in [4.69, 9.17) is 4.99 Å². The van der Waals surface area contributed by atoms with Crippen molar-refractivity contribution < 1.29 is 14.8 Å². The van der Waals surface area contributed by atoms with Crippen molar-refractivity contribution in [3.63, 3.8) is 0 Å². The summed E-state index contributed by atoms with van der Waals surface area (Å²) in [5, 5.41) is 21.5. The summed E-state index contributed by atoms with van der Waals surface area (Å²) in [5.74, 6) is 0.904. The van der Waals surface area contributed by atoms with Gasteiger partial charge in [-0.1, -0.05) is 44.4 Å². The molecule has 2 aromatic rings. The summed E-state index contributed by atoms with van der Waals surface area (Å²) in [5.41, 5.74) is 1.05. The van der Waals surface area contributed by atoms with Gasteiger partial charge in [0.15, 0.2) is 0 Å². The number of phenols is 1. The van der Waals surface area contributed by atoms with E-state index in [0.29, 0.717) is 16.7 Å². The van der Waals surface area contributed by atoms with Crippen LogP contribution in [0.3, 0.4) is 0 Å². The predicted octanol–water partition coefficient (Wildman–Crippen LogP) is 5.21. The number of aliphatic imine (C=N–C) groups is 1. The highest BCUT2D eigenvalue weighted by Gasteiger charge is 2.49. The molecule has 2 aliphatic rings. The van der Waals surface area contributed by atoms with Crippen LogP contribution in [0.5, 0.6) is 5.75 Å². The topological polar surface area (TPSA) is 96.0 Å². The summed E-state index contributed by atoms with van der Waals surface area (Å²) in [6, 6.07) is 11.5. The van der Waals surface area contributed by atoms with Gasteiger partial charge in [0.2, 0.25) is 0 Å². The van der Waals surface area contributed by atoms with Crippen molar-refractivity contribution in [2.45, 2.75) is 64.0 Å². The van der Waals surface area contributed by atoms with E-state index >= 15 is 0 Å². The molecule has 1 saturated carbocycles. The summed E-state index contributed by atoms with van der Waals surface area (Å²) in [6.45, 7) is 2.39. The Hall–Kier alpha value is -3.22. The van der Waals surface area contributed by atoms with Gasteiger partial charge in [-0.05, 0) is 48.6 Å². The highest BCUT2D eigenvalue weighted by Crippen LogP contribution is 2.40. The number of nitro groups is 1. The van der Waals surface area contributed by atoms with Crippen LogP contribution in [0.4, 0.5) is 5.69 Å². The molecule has 0 aromatic heterocycles. The first-order valence-electron chi connectivity index (χ1n) is 10.9. The van der Waals surface area contributed by atoms with E-state index < -0.39 is 10.5 Å². The van der Waals surface area contributed by atoms with E-state index in [2.05, 4.69) is 6.92 Å². The van der Waals surface area contributed by atoms with Gasteiger partial charge in [0.25, 0.3) is 11.6 Å². The second-order valence-electron chi connectivity index (χ2n) is 8.42. The number of hydrogen-bond donors (Lipinski definition) is 1. The SMILES string of the molecule is CCCCC1=NC2(CCCC2)C(=O)N1Cc1ccc(-c2cccc(O)c2)c([N+](=O)[O-])c1. The number of amides is 1. The average molecular weight is 421 g/mol. The van der Waals surface area contributed by atoms with Crippen molar-refractivity contribution in [1.29, 1.82) is 0 Å². The number of phenolic OH excluding ortho intramolecular Hbond substituents is 1. The molecule has 4 rings (SSSR count). The Labute approximate surface area is 181 Å². The number of hydrogen-bond acceptors (Lipinski definition) is 5. The zero-order chi connectivity index (χ0) is 22.0. The molecule has 0 atom stereocenters. The van der Waals surface area contributed by atoms with Crippen molar-refractivity contribution in [3.05, 3.63) is 58.1 Å². The molecule has 0 radical (unpaired) electrons. The van der Waals surface area contributed by atoms with Crippen molar-refractivity contribution in [1.82, 2.24) is 4.90 Å². The molecule has 31 heavy (non-hydrogen) atoms. The van der Waals surface area contributed by atoms with E-state index in [1.54, 1.807) is 23.1 Å². The summed E-state index contributed by atoms with van der Waals surface area (Å²) >= 11 is 0. The lowest BCUT2D eigenvalue weighted by Crippen LogP contribution is -2.40. The number of amidine groups is 1. The molecule has 162 valence electrons. The van der Waals surface area contributed by atoms with Crippen LogP contribution >= 0.6 is 0 Å². The zero-order valence-corrected chi connectivity index (χ0v) is 17.7. The highest BCUT2D eigenvalue weighted by molar-refractivity contribution is 6.08. The van der Waals surface area contributed by atoms with E-state index in [0.717, 1.165) is 50.8 Å². The van der Waals surface area contributed by atoms with E-state index in [1.165, 1.54) is 18.2 Å². The van der Waals surface area contributed by atoms with Crippen molar-refractivity contribution in [3.8, 4) is 16.9 Å². The van der Waals surface area contributed by atoms with E-state index in [-0.39, 0.29) is 23.9 Å². The quantitative estimate of drug-likeness (QED) is 0.490. The molecule has 0 saturated heterocycles. The molecule has 0 bridgehead atoms. The Morgan fingerprint density at radius 3 is 2.65 bits per heavy atom. The van der Waals surface area contributed by atoms with Gasteiger partial charge < -0.3 is 5.11 Å². The summed E-state index contributed by atoms with van der Waals surface area (Å²) < 4.78 is 0. The van der Waals surface area contributed by atoms with E-state index in [9.17, 15) is 20.0 Å². The Morgan fingerprint density at radius 2 is 1.97 bits per heavy atom. The molecule has 1 aliphatic carbocycles. The number of aromatic hydroxyl groups is 1. The Kier molecular flexibility index (Phi) is 5.76. The molecule has 2 aromatic carbocycles. The van der Waals surface area contributed by atoms with Gasteiger partial charge in [0.05, 0.1) is 17.0 Å². The average Bonchev–Trinajstić information content (AvgIpc) is 3.33. The first-order chi connectivity index (χ1) is 14.9. The van der Waals surface area contributed by atoms with Gasteiger partial charge in [-0.2, -0.15) is 0 Å². The third-order valence-corrected chi connectivity index (χ3v) is 6.24. The van der Waals surface area contributed by atoms with Gasteiger partial charge in [0.1, 0.15) is 17.1 Å². The molecular formula is C24H27N3O4. The molecule has 7 nitrogen and oxygen atoms in total. The Morgan fingerprint density at radius 1 is 1.19 bits per heavy atom. The van der Waals surface area contributed by atoms with Crippen LogP contribution in [0.1, 0.15) is 57.4 Å². The Bertz CT molecular complexity index is 1040. The van der Waals surface area contributed by atoms with Gasteiger partial charge in [-0.3, -0.25) is 24.8 Å². The first-order valence-corrected chi connectivity index (χ1v) is 10.9. The molecule has 1 amide bonds. The molecule has 0 unspecified atom stereocenters. The van der Waals surface area contributed by atoms with Crippen LogP contribution in [0.15, 0.2) is 47.5 Å². The minimum absolute atomic E-state index is 0.0378. The monoisotopic (exact) mass is 421 g/mol. The minimum Gasteiger partial charge on any atom is -0.508 e. The molecule has 1 heterocycles. The van der Waals surface area contributed by atoms with Gasteiger partial charge >= 0.3 is 0 Å². The van der Waals surface area contributed by atoms with Crippen LogP contribution in [-0.2, 0) is 11.3 Å². The lowest BCUT2D eigenvalue weighted by molar-refractivity contribution is -0.384. The summed E-state index contributed by atoms with van der Waals surface area (Å²) in [4.78, 5) is 31.3. The third-order valence-electron chi connectivity index (χ3n) is 6.24. The van der Waals surface area contributed by atoms with E-state index in [1.807, 2.05) is 6.07 Å². The smallest absolute Gasteiger partial charge is 0.277 e. The number of nitrogens with zero attached hydrogens (tertiary/aromatic N) is 3. The number of benzene rings is 2. The number of nitro benzene ring substituents is 1. The highest BCUT2D eigenvalue weighted by atomic mass is 16.6. The fourth-order valence-corrected chi connectivity index (χ4v) is 4.62. The first kappa shape index (κ1) is 21.0. The Balaban J connectivity index is 1.65. The summed E-state index contributed by atoms with van der Waals surface area (Å²) in [6.07, 6.45) is 6.30. The molecular weight excluding hydrogens is 394 g/mol. The molecule has 1 aliphatic heterocycles. The standard InChI is InChI=1S/C24H27N3O4/c1-2-3-9-22-25-24(12-4-5-13-24)23(29)26(22)16-17-10-11-20(21(14-17)27(30)31)18-7-6-8-19(28)15-18/h6-8,10-11,14-15,28H,2-5,9,12-13,16H2,1H3. The maximum atomic E-state index is 13.3. The molecule has 1 N–H and O–H groups in total. The second kappa shape index (κ2) is 8.49.